The Morgan fingerprint density at radius 1 is 0.481 bits per heavy atom. The van der Waals surface area contributed by atoms with Gasteiger partial charge in [0.1, 0.15) is 120 Å². The first-order valence-electron chi connectivity index (χ1n) is 39.9. The molecule has 4 rings (SSSR count). The van der Waals surface area contributed by atoms with E-state index in [1.54, 1.807) is 102 Å². The lowest BCUT2D eigenvalue weighted by molar-refractivity contribution is -0.470. The summed E-state index contributed by atoms with van der Waals surface area (Å²) in [6.07, 6.45) is -8.45. The zero-order valence-electron chi connectivity index (χ0n) is 77.7. The van der Waals surface area contributed by atoms with E-state index < -0.39 is 156 Å². The molecule has 18 N–H and O–H groups in total. The lowest BCUT2D eigenvalue weighted by atomic mass is 9.92. The molecule has 44 nitrogen and oxygen atoms in total. The highest BCUT2D eigenvalue weighted by Gasteiger charge is 2.44. The Labute approximate surface area is 751 Å². The van der Waals surface area contributed by atoms with E-state index in [1.807, 2.05) is 81.4 Å². The van der Waals surface area contributed by atoms with Crippen molar-refractivity contribution in [3.05, 3.63) is 131 Å². The fraction of sp³-hybridized carbons (Fsp3) is 0.553. The van der Waals surface area contributed by atoms with E-state index in [2.05, 4.69) is 65.0 Å². The number of benzene rings is 3. The van der Waals surface area contributed by atoms with Crippen LogP contribution in [-0.2, 0) is 105 Å². The monoisotopic (exact) mass is 1830 g/mol. The maximum absolute atomic E-state index is 13.2. The van der Waals surface area contributed by atoms with Crippen LogP contribution in [0.5, 0.6) is 0 Å². The molecule has 1 saturated heterocycles. The number of aliphatic hydroxyl groups excluding tert-OH is 3. The van der Waals surface area contributed by atoms with Crippen LogP contribution in [0.15, 0.2) is 113 Å². The first-order chi connectivity index (χ1) is 59.4. The first-order valence-corrected chi connectivity index (χ1v) is 39.9. The van der Waals surface area contributed by atoms with Crippen LogP contribution >= 0.6 is 0 Å². The van der Waals surface area contributed by atoms with Crippen LogP contribution < -0.4 is 70.0 Å². The Bertz CT molecular complexity index is 4170. The van der Waals surface area contributed by atoms with Gasteiger partial charge in [-0.3, -0.25) is 62.1 Å². The lowest BCUT2D eigenvalue weighted by Gasteiger charge is -2.31. The molecule has 0 bridgehead atoms. The van der Waals surface area contributed by atoms with Crippen molar-refractivity contribution in [1.82, 2.24) is 31.9 Å². The highest BCUT2D eigenvalue weighted by Crippen LogP contribution is 2.26. The van der Waals surface area contributed by atoms with E-state index in [0.717, 1.165) is 41.7 Å². The summed E-state index contributed by atoms with van der Waals surface area (Å²) in [6, 6.07) is 22.6. The minimum atomic E-state index is -1.65. The summed E-state index contributed by atoms with van der Waals surface area (Å²) in [7, 11) is 0. The normalized spacial score (nSPS) is 13.6. The molecule has 1 fully saturated rings. The van der Waals surface area contributed by atoms with Gasteiger partial charge in [0.15, 0.2) is 12.1 Å². The number of aryl methyl sites for hydroxylation is 3. The Morgan fingerprint density at radius 2 is 0.783 bits per heavy atom. The van der Waals surface area contributed by atoms with Crippen molar-refractivity contribution >= 4 is 96.3 Å². The zero-order chi connectivity index (χ0) is 99.4. The van der Waals surface area contributed by atoms with Crippen LogP contribution in [0.25, 0.3) is 0 Å². The zero-order valence-corrected chi connectivity index (χ0v) is 77.7. The van der Waals surface area contributed by atoms with Crippen molar-refractivity contribution in [3.63, 3.8) is 0 Å². The molecule has 4 amide bonds. The number of hydrogen-bond acceptors (Lipinski definition) is 35. The van der Waals surface area contributed by atoms with Crippen LogP contribution in [0, 0.1) is 37.0 Å². The Hall–Kier alpha value is -13.3. The number of cyclic esters (lactones) is 2. The molecule has 1 heterocycles. The molecule has 0 saturated carbocycles. The summed E-state index contributed by atoms with van der Waals surface area (Å²) in [4.78, 5) is 155. The van der Waals surface area contributed by atoms with Gasteiger partial charge in [-0.05, 0) is 169 Å². The first kappa shape index (κ1) is 118. The maximum atomic E-state index is 13.2. The van der Waals surface area contributed by atoms with Gasteiger partial charge in [0.05, 0.1) is 52.5 Å². The van der Waals surface area contributed by atoms with Crippen molar-refractivity contribution in [2.45, 2.75) is 213 Å². The summed E-state index contributed by atoms with van der Waals surface area (Å²) >= 11 is 0. The third kappa shape index (κ3) is 60.9. The number of aliphatic imine (C=N–C) groups is 3. The molecule has 1 aliphatic rings. The van der Waals surface area contributed by atoms with Crippen LogP contribution in [0.3, 0.4) is 0 Å². The van der Waals surface area contributed by atoms with Gasteiger partial charge in [-0.1, -0.05) is 103 Å². The number of guanidine groups is 2. The number of hydrogen-bond donors (Lipinski definition) is 14. The number of nitrogens with zero attached hydrogens (tertiary/aromatic N) is 3. The van der Waals surface area contributed by atoms with Crippen molar-refractivity contribution in [1.29, 1.82) is 0 Å². The summed E-state index contributed by atoms with van der Waals surface area (Å²) in [5.41, 5.74) is 19.9. The molecule has 129 heavy (non-hydrogen) atoms. The van der Waals surface area contributed by atoms with Crippen LogP contribution in [0.2, 0.25) is 0 Å². The standard InChI is InChI=1S/C31H48N4O10.C23H38N4O9.C19H30N6O6.C8H10O.2C2H4O2/c1-20-11-13-23(14-12-20)17-41-28(40)42-19-31(10,18-36)25(37)43-24(15-32-21(2)34-26(38)44-29(4,5)6)16-33-22(3)35-27(39)45-30(7,8)9;1-14(26-18(29)35-21(3,4)5)24-10-16(11-25-15(2)27-19(30)36-22(6,7)8)34-17(28)23(9)12-32-20(31)33-13-23;1-12-3-5-13(6-4-12)9-29-18(28)30-11-19(2,10-26)15(27)31-14(7-24-16(20)21)8-25-17(22)23;1-7-2-4-8(6-9)5-3-7;2*1-2(3)4/h11-14,24,32,36H,2,15-19H2,1,3-10H3,(H,34,38)(H,33,35,39);16,24H,1,10-13H2,2-9H3,(H,26,29)(H,25,27,30);3-6,14,26H,7-11H2,1-2H3,(H4,20,21,24)(H4,22,23,25);2-5,9H,6H2,1H3;2*1H3,(H,3,4)/p-1. The highest BCUT2D eigenvalue weighted by molar-refractivity contribution is 5.94. The van der Waals surface area contributed by atoms with Crippen molar-refractivity contribution in [2.75, 3.05) is 78.9 Å². The molecule has 44 heteroatoms. The van der Waals surface area contributed by atoms with Gasteiger partial charge in [0, 0.05) is 11.9 Å². The molecular formula is C85H133N14O30-. The summed E-state index contributed by atoms with van der Waals surface area (Å²) in [5.74, 6) is -4.29. The maximum Gasteiger partial charge on any atom is 0.508 e. The van der Waals surface area contributed by atoms with E-state index >= 15 is 0 Å². The fourth-order valence-electron chi connectivity index (χ4n) is 8.47. The van der Waals surface area contributed by atoms with Gasteiger partial charge in [0.25, 0.3) is 0 Å². The number of carboxylic acids is 2. The van der Waals surface area contributed by atoms with E-state index in [0.29, 0.717) is 0 Å². The number of carboxylic acid groups (broad SMARTS) is 2. The highest BCUT2D eigenvalue weighted by atomic mass is 16.7. The number of ether oxygens (including phenoxy) is 13. The number of aliphatic hydroxyl groups is 3. The smallest absolute Gasteiger partial charge is 0.508 e. The third-order valence-corrected chi connectivity index (χ3v) is 15.1. The predicted octanol–water partition coefficient (Wildman–Crippen LogP) is 2.87. The molecular weight excluding hydrogens is 1700 g/mol. The average molecular weight is 1830 g/mol. The number of amides is 4. The fourth-order valence-corrected chi connectivity index (χ4v) is 8.47. The minimum Gasteiger partial charge on any atom is -0.550 e. The largest absolute Gasteiger partial charge is 0.550 e. The van der Waals surface area contributed by atoms with Gasteiger partial charge in [-0.15, -0.1) is 0 Å². The number of nitrogens with one attached hydrogen (secondary N) is 7. The number of nitrogens with two attached hydrogens (primary N) is 4. The number of alkyl carbamates (subject to hydrolysis) is 4. The van der Waals surface area contributed by atoms with Gasteiger partial charge >= 0.3 is 66.7 Å². The molecule has 3 aromatic carbocycles. The van der Waals surface area contributed by atoms with E-state index in [4.69, 9.17) is 109 Å². The minimum absolute atomic E-state index is 0.000311. The quantitative estimate of drug-likeness (QED) is 0.0180. The number of carbonyl (C=O) groups excluding carboxylic acids is 12. The summed E-state index contributed by atoms with van der Waals surface area (Å²) in [5, 5.41) is 61.6. The molecule has 1 aliphatic heterocycles. The van der Waals surface area contributed by atoms with Gasteiger partial charge in [-0.25, -0.2) is 38.6 Å². The molecule has 724 valence electrons. The Balaban J connectivity index is 0. The predicted molar refractivity (Wildman–Crippen MR) is 466 cm³/mol. The number of amidine groups is 2. The number of rotatable bonds is 33. The van der Waals surface area contributed by atoms with Gasteiger partial charge < -0.3 is 119 Å². The Kier molecular flexibility index (Phi) is 53.1. The molecule has 0 aromatic heterocycles. The van der Waals surface area contributed by atoms with E-state index in [1.165, 1.54) is 33.3 Å². The number of esters is 3. The molecule has 5 unspecified atom stereocenters. The average Bonchev–Trinajstić information content (AvgIpc) is 0.822. The molecule has 3 aromatic rings. The molecule has 5 atom stereocenters. The van der Waals surface area contributed by atoms with Crippen molar-refractivity contribution in [2.24, 2.45) is 54.2 Å². The topological polar surface area (TPSA) is 659 Å². The van der Waals surface area contributed by atoms with Crippen LogP contribution in [-0.4, -0.2) is 231 Å². The van der Waals surface area contributed by atoms with Crippen LogP contribution in [0.1, 0.15) is 165 Å². The lowest BCUT2D eigenvalue weighted by Crippen LogP contribution is -2.80. The van der Waals surface area contributed by atoms with Gasteiger partial charge in [-0.2, -0.15) is 0 Å². The molecule has 0 aliphatic carbocycles. The van der Waals surface area contributed by atoms with E-state index in [9.17, 15) is 58.2 Å². The second kappa shape index (κ2) is 58.2. The molecule has 0 spiro atoms. The number of carbonyl (C=O) groups is 12. The Morgan fingerprint density at radius 3 is 1.09 bits per heavy atom. The van der Waals surface area contributed by atoms with E-state index in [-0.39, 0.29) is 108 Å². The summed E-state index contributed by atoms with van der Waals surface area (Å²) < 4.78 is 67.2. The second-order valence-electron chi connectivity index (χ2n) is 33.3. The SMILES string of the molecule is C=C(NCC(CN=C(C)NC(=O)OC(C)(C)C)OC(=O)C(C)(CO)COC(=O)OCc1ccc(C)cc1)NC(=O)OC(C)(C)C.C=C(NCC(CN=C(C)NC(=O)OC(C)(C)C)OC(=O)C1(C)COC(=O)OC1)NC(=O)OC(C)(C)C.CC(=O)[O-].CC(=O)[O-].Cc1ccc(CO)cc1.Cc1ccc(COC(=O)OCC(C)(CO)C(=O)OC(CN=C(N)N)C[NH+]=C(N)N)cc1. The van der Waals surface area contributed by atoms with Crippen molar-refractivity contribution in [3.8, 4) is 0 Å². The molecule has 0 radical (unpaired) electrons. The van der Waals surface area contributed by atoms with Crippen molar-refractivity contribution < 1.29 is 150 Å². The van der Waals surface area contributed by atoms with Crippen LogP contribution in [0.4, 0.5) is 33.6 Å². The second-order valence-corrected chi connectivity index (χ2v) is 33.3. The van der Waals surface area contributed by atoms with Gasteiger partial charge in [0.2, 0.25) is 0 Å². The number of aliphatic carboxylic acids is 2. The third-order valence-electron chi connectivity index (χ3n) is 15.1. The summed E-state index contributed by atoms with van der Waals surface area (Å²) in [6.45, 7) is 40.1.